The minimum Gasteiger partial charge on any atom is -0.325 e. The van der Waals surface area contributed by atoms with Crippen LogP contribution in [0, 0.1) is 10.1 Å². The number of benzene rings is 2. The minimum absolute atomic E-state index is 0.101. The predicted octanol–water partition coefficient (Wildman–Crippen LogP) is 4.45. The second-order valence-electron chi connectivity index (χ2n) is 4.84. The number of halogens is 4. The molecule has 0 aliphatic heterocycles. The van der Waals surface area contributed by atoms with Crippen molar-refractivity contribution >= 4 is 28.9 Å². The quantitative estimate of drug-likeness (QED) is 0.648. The van der Waals surface area contributed by atoms with Gasteiger partial charge in [-0.15, -0.1) is 0 Å². The molecule has 0 saturated heterocycles. The van der Waals surface area contributed by atoms with Crippen LogP contribution in [-0.2, 0) is 17.4 Å². The van der Waals surface area contributed by atoms with Crippen molar-refractivity contribution in [1.82, 2.24) is 0 Å². The molecule has 24 heavy (non-hydrogen) atoms. The average Bonchev–Trinajstić information content (AvgIpc) is 2.48. The average molecular weight is 359 g/mol. The number of hydrogen-bond acceptors (Lipinski definition) is 3. The largest absolute Gasteiger partial charge is 0.418 e. The number of non-ortho nitro benzene ring substituents is 1. The summed E-state index contributed by atoms with van der Waals surface area (Å²) in [5, 5.41) is 12.6. The summed E-state index contributed by atoms with van der Waals surface area (Å²) in [4.78, 5) is 21.9. The molecule has 0 heterocycles. The number of rotatable bonds is 4. The Kier molecular flexibility index (Phi) is 5.08. The van der Waals surface area contributed by atoms with Gasteiger partial charge in [-0.05, 0) is 23.8 Å². The number of hydrogen-bond donors (Lipinski definition) is 1. The van der Waals surface area contributed by atoms with E-state index in [-0.39, 0.29) is 17.1 Å². The fourth-order valence-electron chi connectivity index (χ4n) is 1.98. The lowest BCUT2D eigenvalue weighted by molar-refractivity contribution is -0.384. The SMILES string of the molecule is O=C(Cc1ccc([N+](=O)[O-])cc1)Nc1ccc(Cl)cc1C(F)(F)F. The number of carbonyl (C=O) groups excluding carboxylic acids is 1. The maximum atomic E-state index is 13.0. The Morgan fingerprint density at radius 3 is 2.33 bits per heavy atom. The van der Waals surface area contributed by atoms with E-state index in [1.165, 1.54) is 30.3 Å². The molecule has 0 fully saturated rings. The van der Waals surface area contributed by atoms with Crippen LogP contribution in [0.15, 0.2) is 42.5 Å². The van der Waals surface area contributed by atoms with Crippen molar-refractivity contribution in [2.45, 2.75) is 12.6 Å². The Labute approximate surface area is 139 Å². The van der Waals surface area contributed by atoms with Crippen LogP contribution >= 0.6 is 11.6 Å². The molecule has 2 aromatic carbocycles. The van der Waals surface area contributed by atoms with Crippen LogP contribution in [0.2, 0.25) is 5.02 Å². The normalized spacial score (nSPS) is 11.2. The molecule has 126 valence electrons. The van der Waals surface area contributed by atoms with Crippen molar-refractivity contribution in [3.8, 4) is 0 Å². The Morgan fingerprint density at radius 2 is 1.79 bits per heavy atom. The fraction of sp³-hybridized carbons (Fsp3) is 0.133. The van der Waals surface area contributed by atoms with Gasteiger partial charge in [0.15, 0.2) is 0 Å². The van der Waals surface area contributed by atoms with E-state index in [0.717, 1.165) is 12.1 Å². The molecule has 0 bridgehead atoms. The molecule has 0 aromatic heterocycles. The molecule has 0 atom stereocenters. The molecule has 1 amide bonds. The number of nitro groups is 1. The lowest BCUT2D eigenvalue weighted by Crippen LogP contribution is -2.18. The van der Waals surface area contributed by atoms with Gasteiger partial charge in [0, 0.05) is 17.2 Å². The number of alkyl halides is 3. The van der Waals surface area contributed by atoms with E-state index >= 15 is 0 Å². The zero-order valence-electron chi connectivity index (χ0n) is 11.9. The molecule has 0 aliphatic rings. The monoisotopic (exact) mass is 358 g/mol. The first kappa shape index (κ1) is 17.7. The van der Waals surface area contributed by atoms with E-state index in [9.17, 15) is 28.1 Å². The molecule has 1 N–H and O–H groups in total. The van der Waals surface area contributed by atoms with Gasteiger partial charge in [-0.1, -0.05) is 23.7 Å². The van der Waals surface area contributed by atoms with Crippen molar-refractivity contribution < 1.29 is 22.9 Å². The summed E-state index contributed by atoms with van der Waals surface area (Å²) in [7, 11) is 0. The highest BCUT2D eigenvalue weighted by atomic mass is 35.5. The Hall–Kier alpha value is -2.61. The maximum Gasteiger partial charge on any atom is 0.418 e. The fourth-order valence-corrected chi connectivity index (χ4v) is 2.15. The van der Waals surface area contributed by atoms with Crippen LogP contribution in [0.1, 0.15) is 11.1 Å². The molecule has 0 aliphatic carbocycles. The van der Waals surface area contributed by atoms with Crippen LogP contribution in [-0.4, -0.2) is 10.8 Å². The van der Waals surface area contributed by atoms with Crippen LogP contribution in [0.25, 0.3) is 0 Å². The minimum atomic E-state index is -4.67. The number of nitrogens with zero attached hydrogens (tertiary/aromatic N) is 1. The predicted molar refractivity (Wildman–Crippen MR) is 81.9 cm³/mol. The zero-order chi connectivity index (χ0) is 17.9. The Balaban J connectivity index is 2.14. The molecule has 0 spiro atoms. The maximum absolute atomic E-state index is 13.0. The first-order valence-corrected chi connectivity index (χ1v) is 6.94. The summed E-state index contributed by atoms with van der Waals surface area (Å²) >= 11 is 5.56. The lowest BCUT2D eigenvalue weighted by Gasteiger charge is -2.14. The van der Waals surface area contributed by atoms with Crippen LogP contribution in [0.3, 0.4) is 0 Å². The Bertz CT molecular complexity index is 777. The molecule has 2 rings (SSSR count). The number of amides is 1. The van der Waals surface area contributed by atoms with Gasteiger partial charge in [0.2, 0.25) is 5.91 Å². The van der Waals surface area contributed by atoms with E-state index < -0.39 is 28.3 Å². The molecular formula is C15H10ClF3N2O3. The lowest BCUT2D eigenvalue weighted by atomic mass is 10.1. The number of carbonyl (C=O) groups is 1. The smallest absolute Gasteiger partial charge is 0.325 e. The molecule has 0 saturated carbocycles. The van der Waals surface area contributed by atoms with Gasteiger partial charge in [0.05, 0.1) is 22.6 Å². The molecule has 0 radical (unpaired) electrons. The first-order valence-electron chi connectivity index (χ1n) is 6.57. The summed E-state index contributed by atoms with van der Waals surface area (Å²) in [5.41, 5.74) is -1.16. The van der Waals surface area contributed by atoms with E-state index in [0.29, 0.717) is 5.56 Å². The van der Waals surface area contributed by atoms with Gasteiger partial charge < -0.3 is 5.32 Å². The third kappa shape index (κ3) is 4.45. The van der Waals surface area contributed by atoms with Gasteiger partial charge in [-0.3, -0.25) is 14.9 Å². The van der Waals surface area contributed by atoms with E-state index in [2.05, 4.69) is 5.32 Å². The van der Waals surface area contributed by atoms with Gasteiger partial charge in [0.1, 0.15) is 0 Å². The second kappa shape index (κ2) is 6.88. The first-order chi connectivity index (χ1) is 11.2. The van der Waals surface area contributed by atoms with Crippen LogP contribution < -0.4 is 5.32 Å². The molecule has 9 heteroatoms. The van der Waals surface area contributed by atoms with Crippen LogP contribution in [0.5, 0.6) is 0 Å². The van der Waals surface area contributed by atoms with Gasteiger partial charge in [-0.2, -0.15) is 13.2 Å². The highest BCUT2D eigenvalue weighted by molar-refractivity contribution is 6.30. The number of nitrogens with one attached hydrogen (secondary N) is 1. The summed E-state index contributed by atoms with van der Waals surface area (Å²) in [6.07, 6.45) is -4.89. The topological polar surface area (TPSA) is 72.2 Å². The van der Waals surface area contributed by atoms with E-state index in [1.807, 2.05) is 0 Å². The standard InChI is InChI=1S/C15H10ClF3N2O3/c16-10-3-6-13(12(8-10)15(17,18)19)20-14(22)7-9-1-4-11(5-2-9)21(23)24/h1-6,8H,7H2,(H,20,22). The van der Waals surface area contributed by atoms with Gasteiger partial charge in [-0.25, -0.2) is 0 Å². The summed E-state index contributed by atoms with van der Waals surface area (Å²) in [6, 6.07) is 8.19. The van der Waals surface area contributed by atoms with E-state index in [4.69, 9.17) is 11.6 Å². The molecule has 2 aromatic rings. The highest BCUT2D eigenvalue weighted by Gasteiger charge is 2.34. The zero-order valence-corrected chi connectivity index (χ0v) is 12.7. The van der Waals surface area contributed by atoms with Crippen molar-refractivity contribution in [3.05, 3.63) is 68.7 Å². The highest BCUT2D eigenvalue weighted by Crippen LogP contribution is 2.36. The summed E-state index contributed by atoms with van der Waals surface area (Å²) in [5.74, 6) is -0.684. The van der Waals surface area contributed by atoms with Gasteiger partial charge >= 0.3 is 6.18 Å². The molecule has 0 unspecified atom stereocenters. The van der Waals surface area contributed by atoms with Crippen molar-refractivity contribution in [1.29, 1.82) is 0 Å². The summed E-state index contributed by atoms with van der Waals surface area (Å²) < 4.78 is 38.9. The second-order valence-corrected chi connectivity index (χ2v) is 5.27. The summed E-state index contributed by atoms with van der Waals surface area (Å²) in [6.45, 7) is 0. The molecule has 5 nitrogen and oxygen atoms in total. The third-order valence-corrected chi connectivity index (χ3v) is 3.31. The van der Waals surface area contributed by atoms with Crippen molar-refractivity contribution in [3.63, 3.8) is 0 Å². The molecular weight excluding hydrogens is 349 g/mol. The third-order valence-electron chi connectivity index (χ3n) is 3.07. The van der Waals surface area contributed by atoms with Crippen molar-refractivity contribution in [2.75, 3.05) is 5.32 Å². The Morgan fingerprint density at radius 1 is 1.17 bits per heavy atom. The number of nitro benzene ring substituents is 1. The van der Waals surface area contributed by atoms with E-state index in [1.54, 1.807) is 0 Å². The van der Waals surface area contributed by atoms with Gasteiger partial charge in [0.25, 0.3) is 5.69 Å². The number of anilines is 1. The van der Waals surface area contributed by atoms with Crippen molar-refractivity contribution in [2.24, 2.45) is 0 Å². The van der Waals surface area contributed by atoms with Crippen LogP contribution in [0.4, 0.5) is 24.5 Å².